The maximum Gasteiger partial charge on any atom is 0.143 e. The largest absolute Gasteiger partial charge is 0.456 e. The summed E-state index contributed by atoms with van der Waals surface area (Å²) >= 11 is 0. The molecule has 2 aliphatic carbocycles. The lowest BCUT2D eigenvalue weighted by molar-refractivity contribution is 0.487. The van der Waals surface area contributed by atoms with E-state index in [0.29, 0.717) is 0 Å². The first-order chi connectivity index (χ1) is 31.3. The van der Waals surface area contributed by atoms with Crippen molar-refractivity contribution >= 4 is 54.3 Å². The molecule has 2 nitrogen and oxygen atoms in total. The smallest absolute Gasteiger partial charge is 0.143 e. The summed E-state index contributed by atoms with van der Waals surface area (Å²) in [6.45, 7) is 0. The second-order valence-electron chi connectivity index (χ2n) is 17.4. The minimum atomic E-state index is -0.438. The van der Waals surface area contributed by atoms with Crippen molar-refractivity contribution in [3.63, 3.8) is 0 Å². The van der Waals surface area contributed by atoms with Crippen LogP contribution in [0.25, 0.3) is 110 Å². The van der Waals surface area contributed by atoms with Gasteiger partial charge in [0.2, 0.25) is 0 Å². The summed E-state index contributed by atoms with van der Waals surface area (Å²) in [5, 5.41) is 9.42. The van der Waals surface area contributed by atoms with E-state index >= 15 is 0 Å². The molecular formula is C61H34O2. The first kappa shape index (κ1) is 33.5. The highest BCUT2D eigenvalue weighted by atomic mass is 16.5. The van der Waals surface area contributed by atoms with E-state index in [2.05, 4.69) is 206 Å². The third-order valence-electron chi connectivity index (χ3n) is 14.5. The molecule has 0 bridgehead atoms. The Morgan fingerprint density at radius 1 is 0.317 bits per heavy atom. The van der Waals surface area contributed by atoms with E-state index < -0.39 is 5.41 Å². The number of fused-ring (bicyclic) bond motifs is 19. The maximum absolute atomic E-state index is 6.84. The fraction of sp³-hybridized carbons (Fsp3) is 0.0164. The molecule has 2 heterocycles. The molecule has 0 saturated carbocycles. The highest BCUT2D eigenvalue weighted by Crippen LogP contribution is 2.65. The average molecular weight is 799 g/mol. The number of hydrogen-bond acceptors (Lipinski definition) is 2. The van der Waals surface area contributed by atoms with Gasteiger partial charge in [-0.1, -0.05) is 176 Å². The van der Waals surface area contributed by atoms with E-state index in [4.69, 9.17) is 9.15 Å². The molecule has 1 atom stereocenters. The van der Waals surface area contributed by atoms with Crippen molar-refractivity contribution in [3.8, 4) is 67.1 Å². The molecule has 12 aromatic rings. The van der Waals surface area contributed by atoms with E-state index in [1.807, 2.05) is 0 Å². The zero-order valence-corrected chi connectivity index (χ0v) is 33.9. The minimum Gasteiger partial charge on any atom is -0.456 e. The van der Waals surface area contributed by atoms with Crippen molar-refractivity contribution in [1.29, 1.82) is 0 Å². The number of furan rings is 1. The fourth-order valence-corrected chi connectivity index (χ4v) is 12.0. The Hall–Kier alpha value is -8.20. The van der Waals surface area contributed by atoms with Gasteiger partial charge in [-0.05, 0) is 124 Å². The van der Waals surface area contributed by atoms with E-state index in [0.717, 1.165) is 66.3 Å². The molecule has 11 aromatic carbocycles. The Morgan fingerprint density at radius 3 is 1.78 bits per heavy atom. The van der Waals surface area contributed by atoms with Crippen LogP contribution in [0.4, 0.5) is 0 Å². The van der Waals surface area contributed by atoms with Gasteiger partial charge < -0.3 is 9.15 Å². The Kier molecular flexibility index (Phi) is 6.38. The lowest BCUT2D eigenvalue weighted by atomic mass is 9.70. The van der Waals surface area contributed by atoms with Crippen molar-refractivity contribution in [1.82, 2.24) is 0 Å². The number of ether oxygens (including phenoxy) is 1. The van der Waals surface area contributed by atoms with Crippen molar-refractivity contribution in [3.05, 3.63) is 229 Å². The van der Waals surface area contributed by atoms with E-state index in [1.54, 1.807) is 0 Å². The van der Waals surface area contributed by atoms with Crippen molar-refractivity contribution < 1.29 is 9.15 Å². The SMILES string of the molecule is c1ccc2c(c1)-c1c(-c3ccc4c(c3)-c3cccc5c(-c6cccc7oc8c9ccccc9ccc8c67)ccc(c35)O4)cccc1C21c2ccccc2-c2c1ccc1ccccc21. The van der Waals surface area contributed by atoms with Gasteiger partial charge in [-0.2, -0.15) is 0 Å². The van der Waals surface area contributed by atoms with Crippen LogP contribution in [-0.4, -0.2) is 0 Å². The van der Waals surface area contributed by atoms with Crippen LogP contribution in [0.15, 0.2) is 211 Å². The molecule has 1 aliphatic heterocycles. The summed E-state index contributed by atoms with van der Waals surface area (Å²) < 4.78 is 13.5. The fourth-order valence-electron chi connectivity index (χ4n) is 12.0. The standard InChI is InChI=1S/C61H34O2/c1-3-14-38-35(12-1)27-31-52-56(38)45-16-5-7-22-49(45)61(52)50-23-8-6-17-46(50)57-39(18-10-24-51(57)61)37-28-32-53-48(34-37)44-20-9-19-42-41(30-33-55(62-53)58(42)44)43-21-11-25-54-59(43)47-29-26-36-13-2-4-15-40(36)60(47)63-54/h1-34H. The first-order valence-electron chi connectivity index (χ1n) is 21.8. The van der Waals surface area contributed by atoms with Crippen LogP contribution in [0.1, 0.15) is 22.3 Å². The first-order valence-corrected chi connectivity index (χ1v) is 21.8. The quantitative estimate of drug-likeness (QED) is 0.174. The molecule has 1 spiro atoms. The summed E-state index contributed by atoms with van der Waals surface area (Å²) in [4.78, 5) is 0. The lowest BCUT2D eigenvalue weighted by Crippen LogP contribution is -2.25. The van der Waals surface area contributed by atoms with Crippen LogP contribution >= 0.6 is 0 Å². The molecule has 1 aromatic heterocycles. The van der Waals surface area contributed by atoms with Gasteiger partial charge in [0.05, 0.1) is 5.41 Å². The molecule has 0 amide bonds. The molecule has 0 N–H and O–H groups in total. The van der Waals surface area contributed by atoms with Crippen LogP contribution in [0.2, 0.25) is 0 Å². The van der Waals surface area contributed by atoms with Crippen molar-refractivity contribution in [2.45, 2.75) is 5.41 Å². The topological polar surface area (TPSA) is 22.4 Å². The predicted octanol–water partition coefficient (Wildman–Crippen LogP) is 16.5. The number of benzene rings is 11. The average Bonchev–Trinajstić information content (AvgIpc) is 3.99. The lowest BCUT2D eigenvalue weighted by Gasteiger charge is -2.30. The molecule has 0 fully saturated rings. The van der Waals surface area contributed by atoms with Crippen LogP contribution < -0.4 is 4.74 Å². The highest BCUT2D eigenvalue weighted by Gasteiger charge is 2.52. The van der Waals surface area contributed by atoms with Crippen LogP contribution in [-0.2, 0) is 5.41 Å². The summed E-state index contributed by atoms with van der Waals surface area (Å²) in [5.41, 5.74) is 19.0. The normalized spacial score (nSPS) is 15.2. The number of hydrogen-bond donors (Lipinski definition) is 0. The van der Waals surface area contributed by atoms with Crippen molar-refractivity contribution in [2.24, 2.45) is 0 Å². The third kappa shape index (κ3) is 4.18. The Bertz CT molecular complexity index is 4020. The predicted molar refractivity (Wildman–Crippen MR) is 259 cm³/mol. The maximum atomic E-state index is 6.84. The summed E-state index contributed by atoms with van der Waals surface area (Å²) in [6.07, 6.45) is 0. The Morgan fingerprint density at radius 2 is 0.921 bits per heavy atom. The monoisotopic (exact) mass is 798 g/mol. The van der Waals surface area contributed by atoms with Crippen molar-refractivity contribution in [2.75, 3.05) is 0 Å². The van der Waals surface area contributed by atoms with Crippen LogP contribution in [0.3, 0.4) is 0 Å². The van der Waals surface area contributed by atoms with Gasteiger partial charge in [0.1, 0.15) is 22.7 Å². The zero-order valence-electron chi connectivity index (χ0n) is 33.9. The third-order valence-corrected chi connectivity index (χ3v) is 14.5. The van der Waals surface area contributed by atoms with Crippen LogP contribution in [0.5, 0.6) is 11.5 Å². The Labute approximate surface area is 362 Å². The molecule has 63 heavy (non-hydrogen) atoms. The van der Waals surface area contributed by atoms with E-state index in [-0.39, 0.29) is 0 Å². The van der Waals surface area contributed by atoms with Gasteiger partial charge >= 0.3 is 0 Å². The van der Waals surface area contributed by atoms with E-state index in [1.165, 1.54) is 77.4 Å². The minimum absolute atomic E-state index is 0.438. The van der Waals surface area contributed by atoms with Gasteiger partial charge in [-0.15, -0.1) is 0 Å². The second kappa shape index (κ2) is 12.0. The molecule has 0 saturated heterocycles. The molecule has 2 heteroatoms. The summed E-state index contributed by atoms with van der Waals surface area (Å²) in [5.74, 6) is 1.75. The highest BCUT2D eigenvalue weighted by molar-refractivity contribution is 6.21. The van der Waals surface area contributed by atoms with Gasteiger partial charge in [-0.25, -0.2) is 0 Å². The summed E-state index contributed by atoms with van der Waals surface area (Å²) in [6, 6.07) is 75.9. The van der Waals surface area contributed by atoms with Gasteiger partial charge in [0.15, 0.2) is 0 Å². The van der Waals surface area contributed by atoms with Gasteiger partial charge in [-0.3, -0.25) is 0 Å². The Balaban J connectivity index is 0.934. The van der Waals surface area contributed by atoms with Crippen LogP contribution in [0, 0.1) is 0 Å². The van der Waals surface area contributed by atoms with Gasteiger partial charge in [0.25, 0.3) is 0 Å². The zero-order chi connectivity index (χ0) is 41.0. The molecule has 0 radical (unpaired) electrons. The molecule has 3 aliphatic rings. The summed E-state index contributed by atoms with van der Waals surface area (Å²) in [7, 11) is 0. The molecular weight excluding hydrogens is 765 g/mol. The van der Waals surface area contributed by atoms with E-state index in [9.17, 15) is 0 Å². The molecule has 1 unspecified atom stereocenters. The number of rotatable bonds is 2. The van der Waals surface area contributed by atoms with Gasteiger partial charge in [0, 0.05) is 27.1 Å². The molecule has 290 valence electrons. The second-order valence-corrected chi connectivity index (χ2v) is 17.4. The molecule has 15 rings (SSSR count).